The highest BCUT2D eigenvalue weighted by molar-refractivity contribution is 7.13. The molecule has 118 valence electrons. The number of piperazine rings is 1. The van der Waals surface area contributed by atoms with Crippen LogP contribution in [0.4, 0.5) is 10.9 Å². The Hall–Kier alpha value is -1.93. The van der Waals surface area contributed by atoms with E-state index in [4.69, 9.17) is 4.52 Å². The van der Waals surface area contributed by atoms with Crippen molar-refractivity contribution in [1.82, 2.24) is 15.0 Å². The lowest BCUT2D eigenvalue weighted by Crippen LogP contribution is -2.48. The van der Waals surface area contributed by atoms with Gasteiger partial charge in [0.2, 0.25) is 5.91 Å². The number of aromatic nitrogens is 2. The van der Waals surface area contributed by atoms with Gasteiger partial charge < -0.3 is 14.7 Å². The van der Waals surface area contributed by atoms with E-state index in [9.17, 15) is 4.79 Å². The molecule has 1 aliphatic heterocycles. The van der Waals surface area contributed by atoms with E-state index in [0.29, 0.717) is 18.1 Å². The zero-order valence-corrected chi connectivity index (χ0v) is 13.5. The molecular weight excluding hydrogens is 302 g/mol. The first-order valence-electron chi connectivity index (χ1n) is 7.23. The summed E-state index contributed by atoms with van der Waals surface area (Å²) >= 11 is 1.67. The Labute approximate surface area is 132 Å². The molecule has 0 radical (unpaired) electrons. The molecule has 1 N–H and O–H groups in total. The summed E-state index contributed by atoms with van der Waals surface area (Å²) in [6.45, 7) is 7.66. The van der Waals surface area contributed by atoms with Gasteiger partial charge in [0.05, 0.1) is 12.2 Å². The number of anilines is 2. The fourth-order valence-corrected chi connectivity index (χ4v) is 3.25. The van der Waals surface area contributed by atoms with Crippen molar-refractivity contribution in [1.29, 1.82) is 0 Å². The number of hydrogen-bond donors (Lipinski definition) is 1. The summed E-state index contributed by atoms with van der Waals surface area (Å²) in [7, 11) is 0. The standard InChI is InChI=1S/C14H19N5O2S/c1-10-9-22-14(15-10)19-5-3-18(4-6-19)8-13(20)16-12-7-11(2)21-17-12/h7,9H,3-6,8H2,1-2H3,(H,16,17,20). The van der Waals surface area contributed by atoms with Crippen molar-refractivity contribution >= 4 is 28.2 Å². The lowest BCUT2D eigenvalue weighted by atomic mass is 10.3. The smallest absolute Gasteiger partial charge is 0.239 e. The fraction of sp³-hybridized carbons (Fsp3) is 0.500. The predicted molar refractivity (Wildman–Crippen MR) is 85.4 cm³/mol. The predicted octanol–water partition coefficient (Wildman–Crippen LogP) is 1.51. The van der Waals surface area contributed by atoms with Crippen molar-refractivity contribution in [2.75, 3.05) is 42.9 Å². The highest BCUT2D eigenvalue weighted by Crippen LogP contribution is 2.21. The van der Waals surface area contributed by atoms with E-state index >= 15 is 0 Å². The number of rotatable bonds is 4. The number of thiazole rings is 1. The number of hydrogen-bond acceptors (Lipinski definition) is 7. The lowest BCUT2D eigenvalue weighted by molar-refractivity contribution is -0.117. The fourth-order valence-electron chi connectivity index (χ4n) is 2.39. The number of carbonyl (C=O) groups excluding carboxylic acids is 1. The Morgan fingerprint density at radius 1 is 1.36 bits per heavy atom. The second kappa shape index (κ2) is 6.45. The molecule has 0 saturated carbocycles. The third-order valence-electron chi connectivity index (χ3n) is 3.51. The van der Waals surface area contributed by atoms with Gasteiger partial charge in [-0.1, -0.05) is 5.16 Å². The Morgan fingerprint density at radius 2 is 2.14 bits per heavy atom. The number of carbonyl (C=O) groups is 1. The van der Waals surface area contributed by atoms with Gasteiger partial charge in [-0.25, -0.2) is 4.98 Å². The molecule has 0 atom stereocenters. The number of nitrogens with one attached hydrogen (secondary N) is 1. The third kappa shape index (κ3) is 3.63. The van der Waals surface area contributed by atoms with Crippen LogP contribution in [0.1, 0.15) is 11.5 Å². The SMILES string of the molecule is Cc1csc(N2CCN(CC(=O)Nc3cc(C)on3)CC2)n1. The number of nitrogens with zero attached hydrogens (tertiary/aromatic N) is 4. The van der Waals surface area contributed by atoms with Crippen molar-refractivity contribution in [2.24, 2.45) is 0 Å². The molecule has 22 heavy (non-hydrogen) atoms. The molecule has 2 aromatic rings. The molecule has 1 fully saturated rings. The number of aryl methyl sites for hydroxylation is 2. The lowest BCUT2D eigenvalue weighted by Gasteiger charge is -2.34. The molecule has 3 rings (SSSR count). The second-order valence-corrected chi connectivity index (χ2v) is 6.24. The van der Waals surface area contributed by atoms with Crippen LogP contribution < -0.4 is 10.2 Å². The summed E-state index contributed by atoms with van der Waals surface area (Å²) in [5.41, 5.74) is 1.06. The zero-order valence-electron chi connectivity index (χ0n) is 12.7. The van der Waals surface area contributed by atoms with E-state index in [0.717, 1.165) is 37.0 Å². The molecule has 2 aromatic heterocycles. The van der Waals surface area contributed by atoms with E-state index in [1.54, 1.807) is 24.3 Å². The number of amides is 1. The van der Waals surface area contributed by atoms with Crippen LogP contribution in [0.3, 0.4) is 0 Å². The first kappa shape index (κ1) is 15.0. The van der Waals surface area contributed by atoms with E-state index in [1.807, 2.05) is 6.92 Å². The zero-order chi connectivity index (χ0) is 15.5. The average molecular weight is 321 g/mol. The van der Waals surface area contributed by atoms with Crippen LogP contribution in [0.5, 0.6) is 0 Å². The summed E-state index contributed by atoms with van der Waals surface area (Å²) in [5, 5.41) is 9.64. The molecule has 1 amide bonds. The summed E-state index contributed by atoms with van der Waals surface area (Å²) in [5.74, 6) is 1.09. The van der Waals surface area contributed by atoms with Crippen LogP contribution in [0.15, 0.2) is 16.0 Å². The Kier molecular flexibility index (Phi) is 4.39. The quantitative estimate of drug-likeness (QED) is 0.920. The van der Waals surface area contributed by atoms with E-state index in [2.05, 4.69) is 30.6 Å². The molecule has 7 nitrogen and oxygen atoms in total. The van der Waals surface area contributed by atoms with Gasteiger partial charge in [0, 0.05) is 37.6 Å². The minimum Gasteiger partial charge on any atom is -0.360 e. The summed E-state index contributed by atoms with van der Waals surface area (Å²) in [6, 6.07) is 1.71. The highest BCUT2D eigenvalue weighted by atomic mass is 32.1. The Morgan fingerprint density at radius 3 is 2.73 bits per heavy atom. The largest absolute Gasteiger partial charge is 0.360 e. The second-order valence-electron chi connectivity index (χ2n) is 5.41. The minimum atomic E-state index is -0.0631. The molecule has 0 aliphatic carbocycles. The van der Waals surface area contributed by atoms with Gasteiger partial charge in [-0.2, -0.15) is 0 Å². The van der Waals surface area contributed by atoms with Crippen LogP contribution in [0.25, 0.3) is 0 Å². The maximum absolute atomic E-state index is 12.0. The maximum Gasteiger partial charge on any atom is 0.239 e. The first-order chi connectivity index (χ1) is 10.6. The van der Waals surface area contributed by atoms with Gasteiger partial charge in [0.25, 0.3) is 0 Å². The van der Waals surface area contributed by atoms with Gasteiger partial charge in [-0.15, -0.1) is 11.3 Å². The van der Waals surface area contributed by atoms with Crippen molar-refractivity contribution in [3.05, 3.63) is 22.9 Å². The first-order valence-corrected chi connectivity index (χ1v) is 8.11. The van der Waals surface area contributed by atoms with Gasteiger partial charge in [-0.05, 0) is 13.8 Å². The van der Waals surface area contributed by atoms with Gasteiger partial charge in [0.1, 0.15) is 5.76 Å². The molecule has 0 unspecified atom stereocenters. The van der Waals surface area contributed by atoms with Crippen LogP contribution in [0, 0.1) is 13.8 Å². The monoisotopic (exact) mass is 321 g/mol. The molecule has 1 aliphatic rings. The van der Waals surface area contributed by atoms with Crippen molar-refractivity contribution in [2.45, 2.75) is 13.8 Å². The summed E-state index contributed by atoms with van der Waals surface area (Å²) < 4.78 is 4.93. The van der Waals surface area contributed by atoms with Crippen LogP contribution in [0.2, 0.25) is 0 Å². The molecule has 0 bridgehead atoms. The van der Waals surface area contributed by atoms with Gasteiger partial charge in [0.15, 0.2) is 10.9 Å². The van der Waals surface area contributed by atoms with Crippen molar-refractivity contribution in [3.63, 3.8) is 0 Å². The van der Waals surface area contributed by atoms with E-state index in [1.165, 1.54) is 0 Å². The molecule has 0 aromatic carbocycles. The summed E-state index contributed by atoms with van der Waals surface area (Å²) in [4.78, 5) is 20.9. The van der Waals surface area contributed by atoms with Gasteiger partial charge >= 0.3 is 0 Å². The minimum absolute atomic E-state index is 0.0631. The third-order valence-corrected chi connectivity index (χ3v) is 4.53. The normalized spacial score (nSPS) is 16.0. The Balaban J connectivity index is 1.46. The molecular formula is C14H19N5O2S. The van der Waals surface area contributed by atoms with E-state index in [-0.39, 0.29) is 5.91 Å². The van der Waals surface area contributed by atoms with Crippen LogP contribution in [-0.4, -0.2) is 53.7 Å². The molecule has 3 heterocycles. The Bertz CT molecular complexity index is 645. The van der Waals surface area contributed by atoms with Gasteiger partial charge in [-0.3, -0.25) is 9.69 Å². The van der Waals surface area contributed by atoms with E-state index < -0.39 is 0 Å². The molecule has 1 saturated heterocycles. The topological polar surface area (TPSA) is 74.5 Å². The van der Waals surface area contributed by atoms with Crippen molar-refractivity contribution < 1.29 is 9.32 Å². The highest BCUT2D eigenvalue weighted by Gasteiger charge is 2.21. The summed E-state index contributed by atoms with van der Waals surface area (Å²) in [6.07, 6.45) is 0. The molecule has 0 spiro atoms. The average Bonchev–Trinajstić information content (AvgIpc) is 3.08. The maximum atomic E-state index is 12.0. The van der Waals surface area contributed by atoms with Crippen LogP contribution in [-0.2, 0) is 4.79 Å². The van der Waals surface area contributed by atoms with Crippen molar-refractivity contribution in [3.8, 4) is 0 Å². The molecule has 8 heteroatoms. The van der Waals surface area contributed by atoms with Crippen LogP contribution >= 0.6 is 11.3 Å².